The SMILES string of the molecule is C1CP1.COc1ccc(F)c(N(N)/C(OC(C)C)=C(\N)COc2cccc(CCC(=O)O)c2)c1. The molecule has 34 heavy (non-hydrogen) atoms. The van der Waals surface area contributed by atoms with Crippen LogP contribution in [-0.4, -0.2) is 43.2 Å². The number of carboxylic acids is 1. The van der Waals surface area contributed by atoms with Gasteiger partial charge in [0.15, 0.2) is 0 Å². The number of nitrogens with two attached hydrogens (primary N) is 2. The number of methoxy groups -OCH3 is 1. The van der Waals surface area contributed by atoms with Crippen molar-refractivity contribution in [2.24, 2.45) is 11.6 Å². The van der Waals surface area contributed by atoms with Gasteiger partial charge < -0.3 is 25.1 Å². The van der Waals surface area contributed by atoms with Crippen LogP contribution in [0.4, 0.5) is 10.1 Å². The van der Waals surface area contributed by atoms with Gasteiger partial charge in [0.1, 0.15) is 35.3 Å². The van der Waals surface area contributed by atoms with E-state index in [0.717, 1.165) is 10.6 Å². The van der Waals surface area contributed by atoms with Crippen molar-refractivity contribution in [2.75, 3.05) is 31.0 Å². The first-order valence-electron chi connectivity index (χ1n) is 10.9. The first-order valence-corrected chi connectivity index (χ1v) is 12.3. The van der Waals surface area contributed by atoms with Crippen LogP contribution in [0.1, 0.15) is 25.8 Å². The monoisotopic (exact) mass is 493 g/mol. The Morgan fingerprint density at radius 2 is 1.91 bits per heavy atom. The Labute approximate surface area is 201 Å². The van der Waals surface area contributed by atoms with Crippen molar-refractivity contribution in [1.82, 2.24) is 0 Å². The van der Waals surface area contributed by atoms with Crippen LogP contribution in [0.15, 0.2) is 54.0 Å². The Morgan fingerprint density at radius 1 is 1.21 bits per heavy atom. The Morgan fingerprint density at radius 3 is 2.50 bits per heavy atom. The fourth-order valence-electron chi connectivity index (χ4n) is 2.69. The molecule has 5 N–H and O–H groups in total. The number of hydrogen-bond acceptors (Lipinski definition) is 7. The number of halogens is 1. The number of nitrogens with zero attached hydrogens (tertiary/aromatic N) is 1. The predicted octanol–water partition coefficient (Wildman–Crippen LogP) is 3.84. The van der Waals surface area contributed by atoms with E-state index in [2.05, 4.69) is 0 Å². The maximum Gasteiger partial charge on any atom is 0.303 e. The number of hydrogen-bond donors (Lipinski definition) is 3. The quantitative estimate of drug-likeness (QED) is 0.187. The molecule has 1 aliphatic rings. The van der Waals surface area contributed by atoms with Gasteiger partial charge in [-0.1, -0.05) is 12.1 Å². The van der Waals surface area contributed by atoms with Gasteiger partial charge in [-0.25, -0.2) is 15.2 Å². The van der Waals surface area contributed by atoms with Gasteiger partial charge >= 0.3 is 5.97 Å². The number of anilines is 1. The standard InChI is InChI=1S/C22H28FN3O5.C2H5P/c1-14(2)31-22(26(25)20-12-16(29-3)8-9-18(20)23)19(24)13-30-17-6-4-5-15(11-17)7-10-21(27)28;1-2-3-1/h4-6,8-9,11-12,14H,7,10,13,24-25H2,1-3H3,(H,27,28);3H,1-2H2/b22-19+;. The summed E-state index contributed by atoms with van der Waals surface area (Å²) in [7, 11) is 2.80. The highest BCUT2D eigenvalue weighted by Crippen LogP contribution is 2.27. The van der Waals surface area contributed by atoms with Crippen LogP contribution in [0.2, 0.25) is 0 Å². The van der Waals surface area contributed by atoms with E-state index in [1.54, 1.807) is 32.0 Å². The molecule has 0 bridgehead atoms. The zero-order chi connectivity index (χ0) is 25.1. The molecule has 1 aliphatic heterocycles. The summed E-state index contributed by atoms with van der Waals surface area (Å²) in [6.07, 6.45) is 3.17. The molecule has 0 aromatic heterocycles. The van der Waals surface area contributed by atoms with Crippen molar-refractivity contribution in [2.45, 2.75) is 32.8 Å². The lowest BCUT2D eigenvalue weighted by Crippen LogP contribution is -2.36. The number of hydrazine groups is 1. The van der Waals surface area contributed by atoms with Crippen LogP contribution in [-0.2, 0) is 16.0 Å². The van der Waals surface area contributed by atoms with Crippen molar-refractivity contribution >= 4 is 20.2 Å². The molecule has 8 nitrogen and oxygen atoms in total. The molecule has 0 radical (unpaired) electrons. The molecule has 1 fully saturated rings. The normalized spacial score (nSPS) is 12.8. The highest BCUT2D eigenvalue weighted by molar-refractivity contribution is 7.46. The molecule has 0 spiro atoms. The number of carbonyl (C=O) groups is 1. The van der Waals surface area contributed by atoms with E-state index in [0.29, 0.717) is 17.9 Å². The number of benzene rings is 2. The molecule has 2 aromatic carbocycles. The lowest BCUT2D eigenvalue weighted by Gasteiger charge is -2.26. The Hall–Kier alpha value is -3.03. The minimum absolute atomic E-state index is 0.0199. The van der Waals surface area contributed by atoms with Gasteiger partial charge in [-0.05, 0) is 62.4 Å². The summed E-state index contributed by atoms with van der Waals surface area (Å²) in [5.74, 6) is 5.66. The summed E-state index contributed by atoms with van der Waals surface area (Å²) in [4.78, 5) is 10.8. The Balaban J connectivity index is 0.00000126. The van der Waals surface area contributed by atoms with Gasteiger partial charge in [-0.15, -0.1) is 8.58 Å². The van der Waals surface area contributed by atoms with Crippen LogP contribution in [0.25, 0.3) is 0 Å². The summed E-state index contributed by atoms with van der Waals surface area (Å²) < 4.78 is 31.0. The van der Waals surface area contributed by atoms with E-state index in [-0.39, 0.29) is 36.4 Å². The molecule has 0 amide bonds. The highest BCUT2D eigenvalue weighted by Gasteiger charge is 2.20. The second kappa shape index (κ2) is 13.6. The third-order valence-corrected chi connectivity index (χ3v) is 4.92. The summed E-state index contributed by atoms with van der Waals surface area (Å²) in [5, 5.41) is 9.85. The van der Waals surface area contributed by atoms with E-state index < -0.39 is 11.8 Å². The van der Waals surface area contributed by atoms with Gasteiger partial charge in [-0.3, -0.25) is 4.79 Å². The average Bonchev–Trinajstić information content (AvgIpc) is 3.69. The second-order valence-electron chi connectivity index (χ2n) is 7.76. The van der Waals surface area contributed by atoms with Crippen molar-refractivity contribution in [1.29, 1.82) is 0 Å². The molecule has 10 heteroatoms. The van der Waals surface area contributed by atoms with E-state index in [1.807, 2.05) is 6.07 Å². The van der Waals surface area contributed by atoms with Crippen molar-refractivity contribution in [3.8, 4) is 11.5 Å². The van der Waals surface area contributed by atoms with E-state index >= 15 is 0 Å². The average molecular weight is 494 g/mol. The first-order chi connectivity index (χ1) is 16.2. The van der Waals surface area contributed by atoms with Gasteiger partial charge in [0.2, 0.25) is 5.88 Å². The Kier molecular flexibility index (Phi) is 10.9. The third kappa shape index (κ3) is 9.45. The fourth-order valence-corrected chi connectivity index (χ4v) is 2.69. The smallest absolute Gasteiger partial charge is 0.303 e. The van der Waals surface area contributed by atoms with Crippen LogP contribution in [0, 0.1) is 5.82 Å². The molecule has 0 aliphatic carbocycles. The molecule has 2 aromatic rings. The molecule has 1 heterocycles. The first kappa shape index (κ1) is 27.2. The van der Waals surface area contributed by atoms with Gasteiger partial charge in [0, 0.05) is 12.5 Å². The molecule has 186 valence electrons. The third-order valence-electron chi connectivity index (χ3n) is 4.42. The van der Waals surface area contributed by atoms with E-state index in [9.17, 15) is 9.18 Å². The van der Waals surface area contributed by atoms with Crippen molar-refractivity contribution in [3.05, 3.63) is 65.4 Å². The molecular formula is C24H33FN3O5P. The maximum absolute atomic E-state index is 14.4. The lowest BCUT2D eigenvalue weighted by atomic mass is 10.1. The lowest BCUT2D eigenvalue weighted by molar-refractivity contribution is -0.136. The topological polar surface area (TPSA) is 120 Å². The zero-order valence-corrected chi connectivity index (χ0v) is 20.7. The van der Waals surface area contributed by atoms with Crippen molar-refractivity contribution in [3.63, 3.8) is 0 Å². The van der Waals surface area contributed by atoms with Crippen LogP contribution < -0.4 is 26.1 Å². The molecular weight excluding hydrogens is 460 g/mol. The molecule has 0 unspecified atom stereocenters. The summed E-state index contributed by atoms with van der Waals surface area (Å²) in [6.45, 7) is 3.50. The van der Waals surface area contributed by atoms with Crippen LogP contribution >= 0.6 is 8.58 Å². The predicted molar refractivity (Wildman–Crippen MR) is 133 cm³/mol. The van der Waals surface area contributed by atoms with Gasteiger partial charge in [0.25, 0.3) is 0 Å². The maximum atomic E-state index is 14.4. The molecule has 0 atom stereocenters. The number of carboxylic acid groups (broad SMARTS) is 1. The minimum Gasteiger partial charge on any atom is -0.497 e. The summed E-state index contributed by atoms with van der Waals surface area (Å²) in [6, 6.07) is 11.2. The summed E-state index contributed by atoms with van der Waals surface area (Å²) >= 11 is 0. The van der Waals surface area contributed by atoms with Gasteiger partial charge in [0.05, 0.1) is 13.2 Å². The largest absolute Gasteiger partial charge is 0.497 e. The number of aryl methyl sites for hydroxylation is 1. The Bertz CT molecular complexity index is 982. The van der Waals surface area contributed by atoms with E-state index in [4.69, 9.17) is 30.9 Å². The van der Waals surface area contributed by atoms with Crippen molar-refractivity contribution < 1.29 is 28.5 Å². The van der Waals surface area contributed by atoms with E-state index in [1.165, 1.54) is 46.2 Å². The molecule has 0 saturated carbocycles. The zero-order valence-electron chi connectivity index (χ0n) is 19.7. The minimum atomic E-state index is -0.873. The number of ether oxygens (including phenoxy) is 3. The number of rotatable bonds is 11. The van der Waals surface area contributed by atoms with Gasteiger partial charge in [-0.2, -0.15) is 0 Å². The van der Waals surface area contributed by atoms with Crippen LogP contribution in [0.3, 0.4) is 0 Å². The number of aliphatic carboxylic acids is 1. The molecule has 1 saturated heterocycles. The van der Waals surface area contributed by atoms with Crippen LogP contribution in [0.5, 0.6) is 11.5 Å². The summed E-state index contributed by atoms with van der Waals surface area (Å²) in [5.41, 5.74) is 7.17. The fraction of sp³-hybridized carbons (Fsp3) is 0.375. The molecule has 3 rings (SSSR count). The highest BCUT2D eigenvalue weighted by atomic mass is 31.1. The second-order valence-corrected chi connectivity index (χ2v) is 9.26.